The molecule has 1 heterocycles. The van der Waals surface area contributed by atoms with Gasteiger partial charge in [-0.3, -0.25) is 4.79 Å². The van der Waals surface area contributed by atoms with Gasteiger partial charge in [-0.1, -0.05) is 42.8 Å². The fraction of sp³-hybridized carbons (Fsp3) is 0.286. The Hall–Kier alpha value is -1.83. The Morgan fingerprint density at radius 1 is 1.17 bits per heavy atom. The van der Waals surface area contributed by atoms with Crippen LogP contribution in [0.15, 0.2) is 62.3 Å². The highest BCUT2D eigenvalue weighted by Crippen LogP contribution is 2.28. The summed E-state index contributed by atoms with van der Waals surface area (Å²) in [5.74, 6) is 1.54. The highest BCUT2D eigenvalue weighted by molar-refractivity contribution is 9.10. The first-order valence-electron chi connectivity index (χ1n) is 9.31. The standard InChI is InChI=1S/C21H21BrClN3O2S/c1-2-12-26(20(27)11-13-29-18-10-6-4-8-16(18)22)14-19-24-25-21(28-19)15-7-3-5-9-17(15)23/h3-10H,2,11-14H2,1H3. The first-order valence-corrected chi connectivity index (χ1v) is 11.5. The molecule has 2 aromatic carbocycles. The van der Waals surface area contributed by atoms with Gasteiger partial charge in [-0.2, -0.15) is 0 Å². The van der Waals surface area contributed by atoms with Crippen molar-refractivity contribution in [2.75, 3.05) is 12.3 Å². The first kappa shape index (κ1) is 21.9. The van der Waals surface area contributed by atoms with Crippen molar-refractivity contribution in [1.82, 2.24) is 15.1 Å². The Morgan fingerprint density at radius 2 is 1.93 bits per heavy atom. The predicted molar refractivity (Wildman–Crippen MR) is 120 cm³/mol. The number of carbonyl (C=O) groups excluding carboxylic acids is 1. The maximum absolute atomic E-state index is 12.7. The molecule has 0 unspecified atom stereocenters. The van der Waals surface area contributed by atoms with Gasteiger partial charge in [-0.15, -0.1) is 22.0 Å². The quantitative estimate of drug-likeness (QED) is 0.338. The minimum absolute atomic E-state index is 0.0731. The molecule has 3 rings (SSSR count). The molecular weight excluding hydrogens is 474 g/mol. The van der Waals surface area contributed by atoms with Crippen molar-refractivity contribution < 1.29 is 9.21 Å². The summed E-state index contributed by atoms with van der Waals surface area (Å²) in [6, 6.07) is 15.3. The van der Waals surface area contributed by atoms with E-state index in [-0.39, 0.29) is 5.91 Å². The highest BCUT2D eigenvalue weighted by Gasteiger charge is 2.18. The Balaban J connectivity index is 1.60. The van der Waals surface area contributed by atoms with Gasteiger partial charge in [0.1, 0.15) is 0 Å². The van der Waals surface area contributed by atoms with Crippen LogP contribution in [0.3, 0.4) is 0 Å². The third kappa shape index (κ3) is 6.07. The molecule has 0 aliphatic heterocycles. The van der Waals surface area contributed by atoms with E-state index in [9.17, 15) is 4.79 Å². The second kappa shape index (κ2) is 10.8. The van der Waals surface area contributed by atoms with E-state index < -0.39 is 0 Å². The molecule has 5 nitrogen and oxygen atoms in total. The lowest BCUT2D eigenvalue weighted by Gasteiger charge is -2.20. The van der Waals surface area contributed by atoms with Crippen LogP contribution in [0.2, 0.25) is 5.02 Å². The van der Waals surface area contributed by atoms with E-state index in [0.717, 1.165) is 15.8 Å². The topological polar surface area (TPSA) is 59.2 Å². The first-order chi connectivity index (χ1) is 14.1. The molecule has 1 aromatic heterocycles. The maximum atomic E-state index is 12.7. The molecule has 0 aliphatic carbocycles. The maximum Gasteiger partial charge on any atom is 0.249 e. The van der Waals surface area contributed by atoms with Gasteiger partial charge in [-0.05, 0) is 46.6 Å². The molecule has 0 atom stereocenters. The lowest BCUT2D eigenvalue weighted by atomic mass is 10.2. The van der Waals surface area contributed by atoms with Crippen molar-refractivity contribution in [3.05, 3.63) is 63.9 Å². The molecule has 29 heavy (non-hydrogen) atoms. The van der Waals surface area contributed by atoms with Crippen molar-refractivity contribution in [1.29, 1.82) is 0 Å². The lowest BCUT2D eigenvalue weighted by Crippen LogP contribution is -2.31. The molecule has 0 fully saturated rings. The zero-order valence-corrected chi connectivity index (χ0v) is 19.1. The Bertz CT molecular complexity index is 966. The van der Waals surface area contributed by atoms with E-state index >= 15 is 0 Å². The number of amides is 1. The third-order valence-electron chi connectivity index (χ3n) is 4.15. The summed E-state index contributed by atoms with van der Waals surface area (Å²) in [6.07, 6.45) is 1.30. The zero-order chi connectivity index (χ0) is 20.6. The Labute approximate surface area is 188 Å². The molecule has 3 aromatic rings. The smallest absolute Gasteiger partial charge is 0.249 e. The van der Waals surface area contributed by atoms with Gasteiger partial charge >= 0.3 is 0 Å². The molecule has 0 bridgehead atoms. The second-order valence-electron chi connectivity index (χ2n) is 6.32. The SMILES string of the molecule is CCCN(Cc1nnc(-c2ccccc2Cl)o1)C(=O)CCSc1ccccc1Br. The molecule has 152 valence electrons. The average molecular weight is 495 g/mol. The van der Waals surface area contributed by atoms with Gasteiger partial charge in [0.2, 0.25) is 17.7 Å². The largest absolute Gasteiger partial charge is 0.419 e. The number of benzene rings is 2. The van der Waals surface area contributed by atoms with Gasteiger partial charge in [0, 0.05) is 28.1 Å². The monoisotopic (exact) mass is 493 g/mol. The highest BCUT2D eigenvalue weighted by atomic mass is 79.9. The predicted octanol–water partition coefficient (Wildman–Crippen LogP) is 6.07. The van der Waals surface area contributed by atoms with Crippen LogP contribution in [0, 0.1) is 0 Å². The van der Waals surface area contributed by atoms with Gasteiger partial charge in [0.15, 0.2) is 0 Å². The van der Waals surface area contributed by atoms with Gasteiger partial charge < -0.3 is 9.32 Å². The minimum Gasteiger partial charge on any atom is -0.419 e. The van der Waals surface area contributed by atoms with Crippen LogP contribution in [-0.2, 0) is 11.3 Å². The van der Waals surface area contributed by atoms with E-state index in [4.69, 9.17) is 16.0 Å². The summed E-state index contributed by atoms with van der Waals surface area (Å²) in [6.45, 7) is 2.98. The average Bonchev–Trinajstić information content (AvgIpc) is 3.17. The van der Waals surface area contributed by atoms with Gasteiger partial charge in [0.25, 0.3) is 0 Å². The van der Waals surface area contributed by atoms with Crippen LogP contribution in [0.1, 0.15) is 25.7 Å². The van der Waals surface area contributed by atoms with Crippen LogP contribution in [-0.4, -0.2) is 33.3 Å². The van der Waals surface area contributed by atoms with Crippen LogP contribution < -0.4 is 0 Å². The van der Waals surface area contributed by atoms with Crippen molar-refractivity contribution in [2.24, 2.45) is 0 Å². The summed E-state index contributed by atoms with van der Waals surface area (Å²) < 4.78 is 6.80. The summed E-state index contributed by atoms with van der Waals surface area (Å²) in [5.41, 5.74) is 0.686. The molecule has 0 N–H and O–H groups in total. The minimum atomic E-state index is 0.0731. The molecule has 1 amide bonds. The fourth-order valence-electron chi connectivity index (χ4n) is 2.75. The van der Waals surface area contributed by atoms with Gasteiger partial charge in [-0.25, -0.2) is 0 Å². The van der Waals surface area contributed by atoms with E-state index in [2.05, 4.69) is 26.1 Å². The molecule has 0 aliphatic rings. The normalized spacial score (nSPS) is 10.9. The number of halogens is 2. The van der Waals surface area contributed by atoms with E-state index in [1.807, 2.05) is 49.4 Å². The second-order valence-corrected chi connectivity index (χ2v) is 8.72. The van der Waals surface area contributed by atoms with Crippen LogP contribution in [0.4, 0.5) is 0 Å². The molecule has 0 spiro atoms. The zero-order valence-electron chi connectivity index (χ0n) is 16.0. The molecule has 8 heteroatoms. The fourth-order valence-corrected chi connectivity index (χ4v) is 4.48. The van der Waals surface area contributed by atoms with Crippen molar-refractivity contribution in [3.8, 4) is 11.5 Å². The Kier molecular flexibility index (Phi) is 8.15. The van der Waals surface area contributed by atoms with Crippen LogP contribution in [0.5, 0.6) is 0 Å². The number of nitrogens with zero attached hydrogens (tertiary/aromatic N) is 3. The summed E-state index contributed by atoms with van der Waals surface area (Å²) in [5, 5.41) is 8.73. The number of thioether (sulfide) groups is 1. The van der Waals surface area contributed by atoms with Gasteiger partial charge in [0.05, 0.1) is 17.1 Å². The van der Waals surface area contributed by atoms with E-state index in [1.54, 1.807) is 22.7 Å². The number of hydrogen-bond acceptors (Lipinski definition) is 5. The number of aromatic nitrogens is 2. The van der Waals surface area contributed by atoms with E-state index in [1.165, 1.54) is 0 Å². The van der Waals surface area contributed by atoms with Crippen molar-refractivity contribution >= 4 is 45.2 Å². The number of carbonyl (C=O) groups is 1. The van der Waals surface area contributed by atoms with Crippen LogP contribution in [0.25, 0.3) is 11.5 Å². The summed E-state index contributed by atoms with van der Waals surface area (Å²) in [4.78, 5) is 15.6. The number of rotatable bonds is 9. The van der Waals surface area contributed by atoms with E-state index in [0.29, 0.717) is 47.6 Å². The van der Waals surface area contributed by atoms with Crippen molar-refractivity contribution in [2.45, 2.75) is 31.2 Å². The molecule has 0 saturated carbocycles. The Morgan fingerprint density at radius 3 is 2.69 bits per heavy atom. The molecular formula is C21H21BrClN3O2S. The number of hydrogen-bond donors (Lipinski definition) is 0. The summed E-state index contributed by atoms with van der Waals surface area (Å²) >= 11 is 11.4. The third-order valence-corrected chi connectivity index (χ3v) is 6.51. The van der Waals surface area contributed by atoms with Crippen LogP contribution >= 0.6 is 39.3 Å². The summed E-state index contributed by atoms with van der Waals surface area (Å²) in [7, 11) is 0. The molecule has 0 radical (unpaired) electrons. The molecule has 0 saturated heterocycles. The van der Waals surface area contributed by atoms with Crippen molar-refractivity contribution in [3.63, 3.8) is 0 Å². The lowest BCUT2D eigenvalue weighted by molar-refractivity contribution is -0.131.